The van der Waals surface area contributed by atoms with Crippen LogP contribution in [-0.2, 0) is 16.7 Å². The molecule has 0 amide bonds. The molecule has 0 radical (unpaired) electrons. The van der Waals surface area contributed by atoms with E-state index in [9.17, 15) is 0 Å². The number of ether oxygens (including phenoxy) is 1. The lowest BCUT2D eigenvalue weighted by atomic mass is 9.96. The van der Waals surface area contributed by atoms with Gasteiger partial charge in [-0.25, -0.2) is 4.98 Å². The molecule has 0 unspecified atom stereocenters. The standard InChI is InChI=1S/C13H23N3O.CH4/c1-13(2,3)12-14-4-5-16(12)7-6-15-8-10-17-11-9-15;/h4-5H,6-11H2,1-3H3;1H4. The zero-order valence-corrected chi connectivity index (χ0v) is 11.1. The van der Waals surface area contributed by atoms with E-state index in [1.54, 1.807) is 0 Å². The number of morpholine rings is 1. The molecule has 2 rings (SSSR count). The Balaban J connectivity index is 0.00000162. The highest BCUT2D eigenvalue weighted by Crippen LogP contribution is 2.20. The third-order valence-electron chi connectivity index (χ3n) is 3.15. The van der Waals surface area contributed by atoms with Gasteiger partial charge in [0.25, 0.3) is 0 Å². The number of aromatic nitrogens is 2. The van der Waals surface area contributed by atoms with Crippen LogP contribution in [0.4, 0.5) is 0 Å². The maximum atomic E-state index is 5.35. The minimum Gasteiger partial charge on any atom is -0.379 e. The van der Waals surface area contributed by atoms with E-state index in [2.05, 4.69) is 41.4 Å². The van der Waals surface area contributed by atoms with E-state index in [1.807, 2.05) is 6.20 Å². The fourth-order valence-electron chi connectivity index (χ4n) is 2.21. The van der Waals surface area contributed by atoms with Crippen LogP contribution in [0.1, 0.15) is 34.0 Å². The molecule has 1 aromatic heterocycles. The molecule has 1 aliphatic heterocycles. The van der Waals surface area contributed by atoms with E-state index in [0.717, 1.165) is 39.4 Å². The van der Waals surface area contributed by atoms with Crippen LogP contribution in [0.25, 0.3) is 0 Å². The van der Waals surface area contributed by atoms with Crippen molar-refractivity contribution in [2.24, 2.45) is 0 Å². The predicted molar refractivity (Wildman–Crippen MR) is 74.9 cm³/mol. The summed E-state index contributed by atoms with van der Waals surface area (Å²) in [7, 11) is 0. The highest BCUT2D eigenvalue weighted by molar-refractivity contribution is 5.04. The average molecular weight is 253 g/mol. The second-order valence-corrected chi connectivity index (χ2v) is 5.65. The fraction of sp³-hybridized carbons (Fsp3) is 0.786. The maximum absolute atomic E-state index is 5.35. The molecule has 4 heteroatoms. The zero-order chi connectivity index (χ0) is 12.3. The highest BCUT2D eigenvalue weighted by atomic mass is 16.5. The van der Waals surface area contributed by atoms with Gasteiger partial charge in [0, 0.05) is 44.0 Å². The van der Waals surface area contributed by atoms with Crippen molar-refractivity contribution >= 4 is 0 Å². The summed E-state index contributed by atoms with van der Waals surface area (Å²) < 4.78 is 7.63. The first kappa shape index (κ1) is 15.2. The lowest BCUT2D eigenvalue weighted by Gasteiger charge is -2.27. The second-order valence-electron chi connectivity index (χ2n) is 5.65. The number of imidazole rings is 1. The highest BCUT2D eigenvalue weighted by Gasteiger charge is 2.20. The molecule has 18 heavy (non-hydrogen) atoms. The van der Waals surface area contributed by atoms with Crippen molar-refractivity contribution in [2.75, 3.05) is 32.8 Å². The van der Waals surface area contributed by atoms with Crippen LogP contribution < -0.4 is 0 Å². The summed E-state index contributed by atoms with van der Waals surface area (Å²) >= 11 is 0. The van der Waals surface area contributed by atoms with Gasteiger partial charge in [0.1, 0.15) is 5.82 Å². The fourth-order valence-corrected chi connectivity index (χ4v) is 2.21. The van der Waals surface area contributed by atoms with Gasteiger partial charge in [-0.1, -0.05) is 28.2 Å². The average Bonchev–Trinajstić information content (AvgIpc) is 2.75. The Bertz CT molecular complexity index is 348. The molecule has 0 aliphatic carbocycles. The molecule has 0 bridgehead atoms. The summed E-state index contributed by atoms with van der Waals surface area (Å²) in [6.45, 7) is 12.6. The van der Waals surface area contributed by atoms with Crippen molar-refractivity contribution in [3.8, 4) is 0 Å². The SMILES string of the molecule is C.CC(C)(C)c1nccn1CCN1CCOCC1. The number of rotatable bonds is 3. The van der Waals surface area contributed by atoms with Gasteiger partial charge in [-0.3, -0.25) is 4.90 Å². The molecule has 4 nitrogen and oxygen atoms in total. The quantitative estimate of drug-likeness (QED) is 0.827. The van der Waals surface area contributed by atoms with E-state index < -0.39 is 0 Å². The molecular weight excluding hydrogens is 226 g/mol. The molecule has 1 aromatic rings. The lowest BCUT2D eigenvalue weighted by Crippen LogP contribution is -2.38. The molecule has 1 aliphatic rings. The minimum atomic E-state index is 0. The van der Waals surface area contributed by atoms with E-state index in [4.69, 9.17) is 4.74 Å². The van der Waals surface area contributed by atoms with Crippen LogP contribution in [-0.4, -0.2) is 47.3 Å². The van der Waals surface area contributed by atoms with E-state index in [1.165, 1.54) is 5.82 Å². The van der Waals surface area contributed by atoms with Gasteiger partial charge >= 0.3 is 0 Å². The number of hydrogen-bond donors (Lipinski definition) is 0. The monoisotopic (exact) mass is 253 g/mol. The van der Waals surface area contributed by atoms with Gasteiger partial charge in [-0.05, 0) is 0 Å². The minimum absolute atomic E-state index is 0. The van der Waals surface area contributed by atoms with Crippen LogP contribution >= 0.6 is 0 Å². The van der Waals surface area contributed by atoms with Crippen LogP contribution in [0.15, 0.2) is 12.4 Å². The van der Waals surface area contributed by atoms with Crippen LogP contribution in [0.5, 0.6) is 0 Å². The third-order valence-corrected chi connectivity index (χ3v) is 3.15. The molecule has 2 heterocycles. The Morgan fingerprint density at radius 3 is 2.50 bits per heavy atom. The molecule has 104 valence electrons. The van der Waals surface area contributed by atoms with Crippen molar-refractivity contribution in [1.29, 1.82) is 0 Å². The largest absolute Gasteiger partial charge is 0.379 e. The van der Waals surface area contributed by atoms with Gasteiger partial charge < -0.3 is 9.30 Å². The van der Waals surface area contributed by atoms with Crippen LogP contribution in [0, 0.1) is 0 Å². The van der Waals surface area contributed by atoms with Gasteiger partial charge in [0.05, 0.1) is 13.2 Å². The molecule has 1 fully saturated rings. The topological polar surface area (TPSA) is 30.3 Å². The Morgan fingerprint density at radius 1 is 1.22 bits per heavy atom. The summed E-state index contributed by atoms with van der Waals surface area (Å²) in [6, 6.07) is 0. The molecule has 1 saturated heterocycles. The summed E-state index contributed by atoms with van der Waals surface area (Å²) in [6.07, 6.45) is 3.99. The Kier molecular flexibility index (Phi) is 5.35. The van der Waals surface area contributed by atoms with Crippen molar-refractivity contribution in [2.45, 2.75) is 40.2 Å². The number of nitrogens with zero attached hydrogens (tertiary/aromatic N) is 3. The van der Waals surface area contributed by atoms with Crippen molar-refractivity contribution in [3.05, 3.63) is 18.2 Å². The molecular formula is C14H27N3O. The maximum Gasteiger partial charge on any atom is 0.114 e. The first-order valence-corrected chi connectivity index (χ1v) is 6.39. The molecule has 0 atom stereocenters. The molecule has 0 saturated carbocycles. The Hall–Kier alpha value is -0.870. The van der Waals surface area contributed by atoms with Gasteiger partial charge in [0.2, 0.25) is 0 Å². The first-order chi connectivity index (χ1) is 8.07. The van der Waals surface area contributed by atoms with Gasteiger partial charge in [0.15, 0.2) is 0 Å². The van der Waals surface area contributed by atoms with Gasteiger partial charge in [-0.2, -0.15) is 0 Å². The van der Waals surface area contributed by atoms with E-state index >= 15 is 0 Å². The predicted octanol–water partition coefficient (Wildman–Crippen LogP) is 2.15. The summed E-state index contributed by atoms with van der Waals surface area (Å²) in [4.78, 5) is 6.93. The van der Waals surface area contributed by atoms with E-state index in [0.29, 0.717) is 0 Å². The van der Waals surface area contributed by atoms with Crippen LogP contribution in [0.3, 0.4) is 0 Å². The van der Waals surface area contributed by atoms with E-state index in [-0.39, 0.29) is 12.8 Å². The summed E-state index contributed by atoms with van der Waals surface area (Å²) in [5, 5.41) is 0. The molecule has 0 aromatic carbocycles. The Morgan fingerprint density at radius 2 is 1.89 bits per heavy atom. The van der Waals surface area contributed by atoms with Crippen molar-refractivity contribution in [1.82, 2.24) is 14.5 Å². The lowest BCUT2D eigenvalue weighted by molar-refractivity contribution is 0.0362. The Labute approximate surface area is 111 Å². The summed E-state index contributed by atoms with van der Waals surface area (Å²) in [5.41, 5.74) is 0.120. The van der Waals surface area contributed by atoms with Crippen molar-refractivity contribution in [3.63, 3.8) is 0 Å². The molecule has 0 N–H and O–H groups in total. The smallest absolute Gasteiger partial charge is 0.114 e. The van der Waals surface area contributed by atoms with Gasteiger partial charge in [-0.15, -0.1) is 0 Å². The van der Waals surface area contributed by atoms with Crippen molar-refractivity contribution < 1.29 is 4.74 Å². The first-order valence-electron chi connectivity index (χ1n) is 6.39. The normalized spacial score (nSPS) is 17.5. The molecule has 0 spiro atoms. The second kappa shape index (κ2) is 6.34. The third kappa shape index (κ3) is 3.82. The van der Waals surface area contributed by atoms with Crippen LogP contribution in [0.2, 0.25) is 0 Å². The number of hydrogen-bond acceptors (Lipinski definition) is 3. The zero-order valence-electron chi connectivity index (χ0n) is 11.1. The summed E-state index contributed by atoms with van der Waals surface area (Å²) in [5.74, 6) is 1.17.